The van der Waals surface area contributed by atoms with Gasteiger partial charge in [-0.15, -0.1) is 0 Å². The molecule has 2 aromatic carbocycles. The predicted molar refractivity (Wildman–Crippen MR) is 78.8 cm³/mol. The number of benzene rings is 2. The van der Waals surface area contributed by atoms with Gasteiger partial charge in [-0.2, -0.15) is 0 Å². The Morgan fingerprint density at radius 3 is 2.33 bits per heavy atom. The topological polar surface area (TPSA) is 35.5 Å². The fourth-order valence-corrected chi connectivity index (χ4v) is 3.02. The number of piperazine rings is 1. The lowest BCUT2D eigenvalue weighted by Gasteiger charge is -2.35. The first-order chi connectivity index (χ1) is 10.2. The van der Waals surface area contributed by atoms with Gasteiger partial charge in [0.25, 0.3) is 6.43 Å². The maximum absolute atomic E-state index is 13.7. The molecule has 0 saturated carbocycles. The maximum atomic E-state index is 13.7. The zero-order chi connectivity index (χ0) is 14.8. The highest BCUT2D eigenvalue weighted by molar-refractivity contribution is 5.91. The average Bonchev–Trinajstić information content (AvgIpc) is 2.51. The molecule has 2 N–H and O–H groups in total. The second-order valence-electron chi connectivity index (χ2n) is 5.28. The summed E-state index contributed by atoms with van der Waals surface area (Å²) in [5, 5.41) is 14.4. The Bertz CT molecular complexity index is 627. The standard InChI is InChI=1S/C16H18F2N2O/c17-16(18)15(20-9-7-19-8-10-20)13-5-6-14(21)12-4-2-1-3-11(12)13/h1-6,15-16,19,21H,7-10H2/t15-/m1/s1. The first-order valence-electron chi connectivity index (χ1n) is 7.12. The molecule has 1 aliphatic rings. The minimum atomic E-state index is -2.46. The van der Waals surface area contributed by atoms with Crippen LogP contribution in [-0.4, -0.2) is 42.6 Å². The molecule has 0 aliphatic carbocycles. The van der Waals surface area contributed by atoms with E-state index in [1.807, 2.05) is 11.0 Å². The Labute approximate surface area is 122 Å². The van der Waals surface area contributed by atoms with Gasteiger partial charge in [0.1, 0.15) is 5.75 Å². The van der Waals surface area contributed by atoms with Crippen LogP contribution in [0.3, 0.4) is 0 Å². The van der Waals surface area contributed by atoms with Crippen molar-refractivity contribution < 1.29 is 13.9 Å². The Balaban J connectivity index is 2.09. The quantitative estimate of drug-likeness (QED) is 0.913. The molecule has 0 radical (unpaired) electrons. The highest BCUT2D eigenvalue weighted by Crippen LogP contribution is 2.36. The van der Waals surface area contributed by atoms with Crippen LogP contribution in [0.5, 0.6) is 5.75 Å². The Morgan fingerprint density at radius 2 is 1.67 bits per heavy atom. The molecular weight excluding hydrogens is 274 g/mol. The van der Waals surface area contributed by atoms with Crippen LogP contribution in [0.25, 0.3) is 10.8 Å². The molecule has 0 spiro atoms. The molecular formula is C16H18F2N2O. The van der Waals surface area contributed by atoms with Gasteiger partial charge in [-0.1, -0.05) is 30.3 Å². The van der Waals surface area contributed by atoms with E-state index in [0.717, 1.165) is 13.1 Å². The molecule has 112 valence electrons. The van der Waals surface area contributed by atoms with Crippen molar-refractivity contribution in [3.05, 3.63) is 42.0 Å². The van der Waals surface area contributed by atoms with E-state index in [9.17, 15) is 13.9 Å². The van der Waals surface area contributed by atoms with E-state index in [0.29, 0.717) is 29.4 Å². The van der Waals surface area contributed by atoms with Crippen LogP contribution in [0.4, 0.5) is 8.78 Å². The minimum Gasteiger partial charge on any atom is -0.507 e. The summed E-state index contributed by atoms with van der Waals surface area (Å²) in [5.74, 6) is 0.127. The zero-order valence-electron chi connectivity index (χ0n) is 11.6. The van der Waals surface area contributed by atoms with E-state index in [1.165, 1.54) is 6.07 Å². The van der Waals surface area contributed by atoms with Crippen molar-refractivity contribution in [3.8, 4) is 5.75 Å². The summed E-state index contributed by atoms with van der Waals surface area (Å²) in [6.07, 6.45) is -2.46. The molecule has 3 rings (SSSR count). The summed E-state index contributed by atoms with van der Waals surface area (Å²) in [4.78, 5) is 1.82. The van der Waals surface area contributed by atoms with E-state index in [1.54, 1.807) is 24.3 Å². The SMILES string of the molecule is Oc1ccc([C@H](C(F)F)N2CCNCC2)c2ccccc12. The van der Waals surface area contributed by atoms with Crippen LogP contribution in [0.2, 0.25) is 0 Å². The zero-order valence-corrected chi connectivity index (χ0v) is 11.6. The van der Waals surface area contributed by atoms with Gasteiger partial charge in [-0.25, -0.2) is 8.78 Å². The average molecular weight is 292 g/mol. The number of nitrogens with one attached hydrogen (secondary N) is 1. The molecule has 0 amide bonds. The van der Waals surface area contributed by atoms with E-state index in [4.69, 9.17) is 0 Å². The number of fused-ring (bicyclic) bond motifs is 1. The first kappa shape index (κ1) is 14.2. The lowest BCUT2D eigenvalue weighted by molar-refractivity contribution is 0.0189. The summed E-state index contributed by atoms with van der Waals surface area (Å²) < 4.78 is 27.3. The molecule has 0 unspecified atom stereocenters. The summed E-state index contributed by atoms with van der Waals surface area (Å²) in [6, 6.07) is 9.36. The summed E-state index contributed by atoms with van der Waals surface area (Å²) in [7, 11) is 0. The number of alkyl halides is 2. The Hall–Kier alpha value is -1.72. The molecule has 0 bridgehead atoms. The van der Waals surface area contributed by atoms with Crippen molar-refractivity contribution in [2.45, 2.75) is 12.5 Å². The Morgan fingerprint density at radius 1 is 1.00 bits per heavy atom. The molecule has 21 heavy (non-hydrogen) atoms. The van der Waals surface area contributed by atoms with Gasteiger partial charge in [-0.05, 0) is 17.0 Å². The molecule has 1 saturated heterocycles. The van der Waals surface area contributed by atoms with Gasteiger partial charge in [0.05, 0.1) is 6.04 Å². The molecule has 1 heterocycles. The van der Waals surface area contributed by atoms with Crippen molar-refractivity contribution in [3.63, 3.8) is 0 Å². The van der Waals surface area contributed by atoms with Crippen molar-refractivity contribution in [2.75, 3.05) is 26.2 Å². The molecule has 1 fully saturated rings. The van der Waals surface area contributed by atoms with Crippen molar-refractivity contribution in [1.29, 1.82) is 0 Å². The lowest BCUT2D eigenvalue weighted by atomic mass is 9.96. The van der Waals surface area contributed by atoms with Gasteiger partial charge in [0.15, 0.2) is 0 Å². The van der Waals surface area contributed by atoms with Gasteiger partial charge in [0, 0.05) is 31.6 Å². The third kappa shape index (κ3) is 2.71. The van der Waals surface area contributed by atoms with Gasteiger partial charge in [-0.3, -0.25) is 4.90 Å². The van der Waals surface area contributed by atoms with E-state index >= 15 is 0 Å². The lowest BCUT2D eigenvalue weighted by Crippen LogP contribution is -2.46. The normalized spacial score (nSPS) is 18.2. The van der Waals surface area contributed by atoms with Crippen LogP contribution < -0.4 is 5.32 Å². The summed E-state index contributed by atoms with van der Waals surface area (Å²) in [6.45, 7) is 2.65. The van der Waals surface area contributed by atoms with Gasteiger partial charge >= 0.3 is 0 Å². The highest BCUT2D eigenvalue weighted by atomic mass is 19.3. The van der Waals surface area contributed by atoms with E-state index < -0.39 is 12.5 Å². The van der Waals surface area contributed by atoms with Crippen LogP contribution in [0, 0.1) is 0 Å². The van der Waals surface area contributed by atoms with Gasteiger partial charge < -0.3 is 10.4 Å². The number of nitrogens with zero attached hydrogens (tertiary/aromatic N) is 1. The number of aromatic hydroxyl groups is 1. The second-order valence-corrected chi connectivity index (χ2v) is 5.28. The Kier molecular flexibility index (Phi) is 4.03. The van der Waals surface area contributed by atoms with Gasteiger partial charge in [0.2, 0.25) is 0 Å². The van der Waals surface area contributed by atoms with Crippen LogP contribution >= 0.6 is 0 Å². The van der Waals surface area contributed by atoms with Crippen molar-refractivity contribution in [2.24, 2.45) is 0 Å². The number of phenolic OH excluding ortho intramolecular Hbond substituents is 1. The monoisotopic (exact) mass is 292 g/mol. The molecule has 0 aromatic heterocycles. The van der Waals surface area contributed by atoms with Crippen molar-refractivity contribution in [1.82, 2.24) is 10.2 Å². The third-order valence-corrected chi connectivity index (χ3v) is 4.04. The number of halogens is 2. The number of hydrogen-bond acceptors (Lipinski definition) is 3. The van der Waals surface area contributed by atoms with E-state index in [2.05, 4.69) is 5.32 Å². The number of phenols is 1. The minimum absolute atomic E-state index is 0.127. The first-order valence-corrected chi connectivity index (χ1v) is 7.12. The maximum Gasteiger partial charge on any atom is 0.258 e. The second kappa shape index (κ2) is 5.95. The van der Waals surface area contributed by atoms with Crippen molar-refractivity contribution >= 4 is 10.8 Å². The molecule has 3 nitrogen and oxygen atoms in total. The number of rotatable bonds is 3. The third-order valence-electron chi connectivity index (χ3n) is 4.04. The largest absolute Gasteiger partial charge is 0.507 e. The molecule has 5 heteroatoms. The van der Waals surface area contributed by atoms with Crippen LogP contribution in [-0.2, 0) is 0 Å². The predicted octanol–water partition coefficient (Wildman–Crippen LogP) is 2.76. The number of hydrogen-bond donors (Lipinski definition) is 2. The fourth-order valence-electron chi connectivity index (χ4n) is 3.02. The smallest absolute Gasteiger partial charge is 0.258 e. The fraction of sp³-hybridized carbons (Fsp3) is 0.375. The molecule has 2 aromatic rings. The van der Waals surface area contributed by atoms with Crippen LogP contribution in [0.1, 0.15) is 11.6 Å². The highest BCUT2D eigenvalue weighted by Gasteiger charge is 2.31. The molecule has 1 atom stereocenters. The summed E-state index contributed by atoms with van der Waals surface area (Å²) in [5.41, 5.74) is 0.584. The molecule has 1 aliphatic heterocycles. The van der Waals surface area contributed by atoms with Crippen LogP contribution in [0.15, 0.2) is 36.4 Å². The summed E-state index contributed by atoms with van der Waals surface area (Å²) >= 11 is 0. The van der Waals surface area contributed by atoms with E-state index in [-0.39, 0.29) is 5.75 Å².